The molecule has 0 N–H and O–H groups in total. The van der Waals surface area contributed by atoms with E-state index in [1.807, 2.05) is 60.7 Å². The first kappa shape index (κ1) is 23.9. The first-order chi connectivity index (χ1) is 18.7. The van der Waals surface area contributed by atoms with Gasteiger partial charge in [-0.1, -0.05) is 96.8 Å². The summed E-state index contributed by atoms with van der Waals surface area (Å²) in [6.07, 6.45) is 7.54. The maximum Gasteiger partial charge on any atom is 0.186 e. The van der Waals surface area contributed by atoms with Crippen LogP contribution >= 0.6 is 22.7 Å². The summed E-state index contributed by atoms with van der Waals surface area (Å²) >= 11 is 3.45. The van der Waals surface area contributed by atoms with Gasteiger partial charge >= 0.3 is 0 Å². The van der Waals surface area contributed by atoms with Crippen molar-refractivity contribution in [2.45, 2.75) is 0 Å². The van der Waals surface area contributed by atoms with Gasteiger partial charge in [0.2, 0.25) is 0 Å². The lowest BCUT2D eigenvalue weighted by atomic mass is 9.89. The molecule has 2 aromatic heterocycles. The van der Waals surface area contributed by atoms with Gasteiger partial charge in [-0.05, 0) is 75.7 Å². The molecule has 0 radical (unpaired) electrons. The summed E-state index contributed by atoms with van der Waals surface area (Å²) in [6, 6.07) is 35.0. The molecule has 3 heteroatoms. The number of carbonyl (C=O) groups excluding carboxylic acids is 1. The first-order valence-corrected chi connectivity index (χ1v) is 14.0. The van der Waals surface area contributed by atoms with Crippen LogP contribution < -0.4 is 0 Å². The molecule has 0 amide bonds. The van der Waals surface area contributed by atoms with Gasteiger partial charge in [-0.3, -0.25) is 4.79 Å². The van der Waals surface area contributed by atoms with E-state index in [4.69, 9.17) is 0 Å². The zero-order chi connectivity index (χ0) is 25.7. The molecule has 0 saturated heterocycles. The van der Waals surface area contributed by atoms with Gasteiger partial charge in [0.15, 0.2) is 5.78 Å². The highest BCUT2D eigenvalue weighted by atomic mass is 32.1. The zero-order valence-electron chi connectivity index (χ0n) is 20.4. The second kappa shape index (κ2) is 10.9. The lowest BCUT2D eigenvalue weighted by Crippen LogP contribution is -2.04. The van der Waals surface area contributed by atoms with Crippen LogP contribution in [0.2, 0.25) is 0 Å². The highest BCUT2D eigenvalue weighted by molar-refractivity contribution is 7.21. The minimum atomic E-state index is 0.00718. The Labute approximate surface area is 230 Å². The van der Waals surface area contributed by atoms with Crippen molar-refractivity contribution in [2.24, 2.45) is 0 Å². The van der Waals surface area contributed by atoms with E-state index >= 15 is 0 Å². The molecule has 1 aliphatic carbocycles. The molecule has 0 bridgehead atoms. The van der Waals surface area contributed by atoms with E-state index < -0.39 is 0 Å². The number of fused-ring (bicyclic) bond motifs is 1. The third-order valence-corrected chi connectivity index (χ3v) is 8.37. The molecule has 0 saturated carbocycles. The van der Waals surface area contributed by atoms with E-state index in [2.05, 4.69) is 77.9 Å². The normalized spacial score (nSPS) is 13.1. The van der Waals surface area contributed by atoms with Gasteiger partial charge in [0.1, 0.15) is 0 Å². The van der Waals surface area contributed by atoms with Crippen LogP contribution in [0.25, 0.3) is 27.0 Å². The van der Waals surface area contributed by atoms with Crippen LogP contribution in [0.1, 0.15) is 32.7 Å². The van der Waals surface area contributed by atoms with E-state index in [9.17, 15) is 4.79 Å². The Morgan fingerprint density at radius 2 is 1.47 bits per heavy atom. The molecule has 2 heterocycles. The lowest BCUT2D eigenvalue weighted by molar-refractivity contribution is -0.109. The minimum Gasteiger partial charge on any atom is -0.289 e. The Bertz CT molecular complexity index is 1710. The predicted octanol–water partition coefficient (Wildman–Crippen LogP) is 8.99. The Morgan fingerprint density at radius 1 is 0.711 bits per heavy atom. The van der Waals surface area contributed by atoms with Crippen LogP contribution in [0, 0.1) is 11.8 Å². The quantitative estimate of drug-likeness (QED) is 0.170. The van der Waals surface area contributed by atoms with Crippen molar-refractivity contribution in [2.75, 3.05) is 0 Å². The summed E-state index contributed by atoms with van der Waals surface area (Å²) in [5.74, 6) is 6.61. The van der Waals surface area contributed by atoms with Gasteiger partial charge in [0.05, 0.1) is 4.88 Å². The van der Waals surface area contributed by atoms with Crippen molar-refractivity contribution in [1.29, 1.82) is 0 Å². The Morgan fingerprint density at radius 3 is 2.18 bits per heavy atom. The predicted molar refractivity (Wildman–Crippen MR) is 162 cm³/mol. The summed E-state index contributed by atoms with van der Waals surface area (Å²) in [6.45, 7) is 0. The molecule has 0 unspecified atom stereocenters. The van der Waals surface area contributed by atoms with Crippen molar-refractivity contribution in [3.63, 3.8) is 0 Å². The number of carbonyl (C=O) groups is 1. The zero-order valence-corrected chi connectivity index (χ0v) is 22.1. The molecule has 38 heavy (non-hydrogen) atoms. The Balaban J connectivity index is 1.32. The maximum atomic E-state index is 12.9. The van der Waals surface area contributed by atoms with Crippen LogP contribution in [-0.2, 0) is 4.79 Å². The SMILES string of the molecule is O=C1C=Cc2cc(C#Cc3ccc(-c4cccs4)s3)ccc2/C1=C/C=C(c1ccccc1)c1ccccc1. The highest BCUT2D eigenvalue weighted by Gasteiger charge is 2.17. The number of rotatable bonds is 4. The average Bonchev–Trinajstić information content (AvgIpc) is 3.67. The molecular formula is C35H22OS2. The fourth-order valence-corrected chi connectivity index (χ4v) is 6.13. The number of benzene rings is 3. The van der Waals surface area contributed by atoms with E-state index in [-0.39, 0.29) is 5.78 Å². The molecule has 1 aliphatic rings. The average molecular weight is 523 g/mol. The van der Waals surface area contributed by atoms with Crippen LogP contribution in [0.5, 0.6) is 0 Å². The standard InChI is InChI=1S/C35H22OS2/c36-33-21-15-28-24-25(13-16-29-17-22-35(38-29)34-12-7-23-37-34)14-18-31(28)32(33)20-19-30(26-8-3-1-4-9-26)27-10-5-2-6-11-27/h1-12,14-15,17-24H/b32-20-. The first-order valence-electron chi connectivity index (χ1n) is 12.3. The van der Waals surface area contributed by atoms with Crippen LogP contribution in [0.15, 0.2) is 127 Å². The van der Waals surface area contributed by atoms with Gasteiger partial charge in [0.25, 0.3) is 0 Å². The van der Waals surface area contributed by atoms with E-state index in [1.165, 1.54) is 9.75 Å². The fourth-order valence-electron chi connectivity index (χ4n) is 4.43. The van der Waals surface area contributed by atoms with Gasteiger partial charge in [-0.25, -0.2) is 0 Å². The number of thiophene rings is 2. The third-order valence-electron chi connectivity index (χ3n) is 6.31. The van der Waals surface area contributed by atoms with E-state index in [0.29, 0.717) is 5.57 Å². The molecule has 6 rings (SSSR count). The molecule has 0 fully saturated rings. The summed E-state index contributed by atoms with van der Waals surface area (Å²) in [5.41, 5.74) is 6.83. The van der Waals surface area contributed by atoms with Gasteiger partial charge in [-0.15, -0.1) is 22.7 Å². The number of ketones is 1. The summed E-state index contributed by atoms with van der Waals surface area (Å²) < 4.78 is 0. The highest BCUT2D eigenvalue weighted by Crippen LogP contribution is 2.32. The molecule has 1 nitrogen and oxygen atoms in total. The second-order valence-corrected chi connectivity index (χ2v) is 10.8. The van der Waals surface area contributed by atoms with Gasteiger partial charge in [-0.2, -0.15) is 0 Å². The van der Waals surface area contributed by atoms with E-state index in [0.717, 1.165) is 38.3 Å². The summed E-state index contributed by atoms with van der Waals surface area (Å²) in [7, 11) is 0. The smallest absolute Gasteiger partial charge is 0.186 e. The van der Waals surface area contributed by atoms with E-state index in [1.54, 1.807) is 28.7 Å². The molecular weight excluding hydrogens is 501 g/mol. The molecule has 180 valence electrons. The molecule has 3 aromatic carbocycles. The second-order valence-electron chi connectivity index (χ2n) is 8.78. The van der Waals surface area contributed by atoms with Crippen LogP contribution in [-0.4, -0.2) is 5.78 Å². The largest absolute Gasteiger partial charge is 0.289 e. The van der Waals surface area contributed by atoms with Crippen molar-refractivity contribution in [3.05, 3.63) is 159 Å². The van der Waals surface area contributed by atoms with Crippen molar-refractivity contribution in [3.8, 4) is 21.6 Å². The van der Waals surface area contributed by atoms with Crippen molar-refractivity contribution >= 4 is 45.7 Å². The molecule has 0 spiro atoms. The topological polar surface area (TPSA) is 17.1 Å². The lowest BCUT2D eigenvalue weighted by Gasteiger charge is -2.14. The fraction of sp³-hybridized carbons (Fsp3) is 0. The minimum absolute atomic E-state index is 0.00718. The van der Waals surface area contributed by atoms with Gasteiger partial charge < -0.3 is 0 Å². The Hall–Kier alpha value is -4.49. The molecule has 5 aromatic rings. The maximum absolute atomic E-state index is 12.9. The molecule has 0 aliphatic heterocycles. The van der Waals surface area contributed by atoms with Crippen LogP contribution in [0.3, 0.4) is 0 Å². The van der Waals surface area contributed by atoms with Gasteiger partial charge in [0, 0.05) is 20.9 Å². The van der Waals surface area contributed by atoms with Crippen LogP contribution in [0.4, 0.5) is 0 Å². The summed E-state index contributed by atoms with van der Waals surface area (Å²) in [5, 5.41) is 2.09. The number of allylic oxidation sites excluding steroid dienone is 4. The number of hydrogen-bond acceptors (Lipinski definition) is 3. The summed E-state index contributed by atoms with van der Waals surface area (Å²) in [4.78, 5) is 16.5. The third kappa shape index (κ3) is 5.14. The monoisotopic (exact) mass is 522 g/mol. The van der Waals surface area contributed by atoms with Crippen molar-refractivity contribution < 1.29 is 4.79 Å². The Kier molecular flexibility index (Phi) is 6.83. The molecule has 0 atom stereocenters. The number of hydrogen-bond donors (Lipinski definition) is 0. The van der Waals surface area contributed by atoms with Crippen molar-refractivity contribution in [1.82, 2.24) is 0 Å².